The second-order valence-electron chi connectivity index (χ2n) is 7.05. The molecule has 3 unspecified atom stereocenters. The predicted molar refractivity (Wildman–Crippen MR) is 74.1 cm³/mol. The largest absolute Gasteiger partial charge is 0.342 e. The number of amides is 1. The molecule has 0 aromatic heterocycles. The van der Waals surface area contributed by atoms with E-state index in [1.54, 1.807) is 0 Å². The number of carbonyl (C=O) groups is 1. The molecule has 1 heterocycles. The summed E-state index contributed by atoms with van der Waals surface area (Å²) in [6.07, 6.45) is 5.49. The van der Waals surface area contributed by atoms with Gasteiger partial charge in [0.1, 0.15) is 0 Å². The maximum absolute atomic E-state index is 12.6. The molecule has 2 rings (SSSR count). The van der Waals surface area contributed by atoms with Gasteiger partial charge >= 0.3 is 0 Å². The molecule has 104 valence electrons. The van der Waals surface area contributed by atoms with Crippen molar-refractivity contribution in [2.75, 3.05) is 13.1 Å². The lowest BCUT2D eigenvalue weighted by Gasteiger charge is -2.41. The SMILES string of the molecule is CC1C(N)CCCC1C(=O)N1CCC(C)(C)CC1. The highest BCUT2D eigenvalue weighted by atomic mass is 16.2. The summed E-state index contributed by atoms with van der Waals surface area (Å²) in [6.45, 7) is 8.62. The number of nitrogens with two attached hydrogens (primary N) is 1. The van der Waals surface area contributed by atoms with Gasteiger partial charge in [-0.1, -0.05) is 27.2 Å². The van der Waals surface area contributed by atoms with Crippen molar-refractivity contribution in [2.24, 2.45) is 23.0 Å². The van der Waals surface area contributed by atoms with E-state index >= 15 is 0 Å². The summed E-state index contributed by atoms with van der Waals surface area (Å²) < 4.78 is 0. The summed E-state index contributed by atoms with van der Waals surface area (Å²) in [7, 11) is 0. The first-order valence-electron chi connectivity index (χ1n) is 7.45. The van der Waals surface area contributed by atoms with E-state index in [1.165, 1.54) is 0 Å². The van der Waals surface area contributed by atoms with Gasteiger partial charge in [0.15, 0.2) is 0 Å². The van der Waals surface area contributed by atoms with Gasteiger partial charge in [-0.05, 0) is 37.0 Å². The molecule has 1 aliphatic carbocycles. The summed E-state index contributed by atoms with van der Waals surface area (Å²) in [5.74, 6) is 0.893. The van der Waals surface area contributed by atoms with Crippen LogP contribution in [0.2, 0.25) is 0 Å². The minimum atomic E-state index is 0.176. The van der Waals surface area contributed by atoms with E-state index in [2.05, 4.69) is 25.7 Å². The van der Waals surface area contributed by atoms with Crippen LogP contribution in [0.25, 0.3) is 0 Å². The lowest BCUT2D eigenvalue weighted by Crippen LogP contribution is -2.49. The molecule has 1 saturated carbocycles. The Kier molecular flexibility index (Phi) is 4.00. The smallest absolute Gasteiger partial charge is 0.226 e. The molecule has 1 amide bonds. The van der Waals surface area contributed by atoms with Crippen LogP contribution in [0.15, 0.2) is 0 Å². The third kappa shape index (κ3) is 2.87. The predicted octanol–water partition coefficient (Wildman–Crippen LogP) is 2.40. The van der Waals surface area contributed by atoms with Crippen LogP contribution in [-0.4, -0.2) is 29.9 Å². The lowest BCUT2D eigenvalue weighted by atomic mass is 9.75. The second-order valence-corrected chi connectivity index (χ2v) is 7.05. The fraction of sp³-hybridized carbons (Fsp3) is 0.933. The molecular weight excluding hydrogens is 224 g/mol. The Morgan fingerprint density at radius 3 is 2.44 bits per heavy atom. The standard InChI is InChI=1S/C15H28N2O/c1-11-12(5-4-6-13(11)16)14(18)17-9-7-15(2,3)8-10-17/h11-13H,4-10,16H2,1-3H3. The first-order valence-corrected chi connectivity index (χ1v) is 7.45. The molecule has 3 nitrogen and oxygen atoms in total. The summed E-state index contributed by atoms with van der Waals surface area (Å²) >= 11 is 0. The van der Waals surface area contributed by atoms with Crippen LogP contribution in [0, 0.1) is 17.3 Å². The number of nitrogens with zero attached hydrogens (tertiary/aromatic N) is 1. The van der Waals surface area contributed by atoms with E-state index in [0.717, 1.165) is 45.2 Å². The fourth-order valence-electron chi connectivity index (χ4n) is 3.31. The van der Waals surface area contributed by atoms with E-state index in [1.807, 2.05) is 0 Å². The van der Waals surface area contributed by atoms with Crippen LogP contribution in [0.3, 0.4) is 0 Å². The van der Waals surface area contributed by atoms with E-state index in [-0.39, 0.29) is 12.0 Å². The van der Waals surface area contributed by atoms with Crippen molar-refractivity contribution in [3.63, 3.8) is 0 Å². The molecule has 3 heteroatoms. The molecule has 2 aliphatic rings. The van der Waals surface area contributed by atoms with Gasteiger partial charge in [-0.15, -0.1) is 0 Å². The number of hydrogen-bond donors (Lipinski definition) is 1. The third-order valence-corrected chi connectivity index (χ3v) is 5.11. The number of likely N-dealkylation sites (tertiary alicyclic amines) is 1. The Labute approximate surface area is 111 Å². The van der Waals surface area contributed by atoms with Crippen molar-refractivity contribution in [1.82, 2.24) is 4.90 Å². The van der Waals surface area contributed by atoms with E-state index in [4.69, 9.17) is 5.73 Å². The molecule has 18 heavy (non-hydrogen) atoms. The van der Waals surface area contributed by atoms with Gasteiger partial charge in [0, 0.05) is 25.0 Å². The topological polar surface area (TPSA) is 46.3 Å². The van der Waals surface area contributed by atoms with E-state index < -0.39 is 0 Å². The molecule has 3 atom stereocenters. The summed E-state index contributed by atoms with van der Waals surface area (Å²) in [6, 6.07) is 0.217. The number of rotatable bonds is 1. The summed E-state index contributed by atoms with van der Waals surface area (Å²) in [5.41, 5.74) is 6.52. The Morgan fingerprint density at radius 1 is 1.22 bits per heavy atom. The zero-order chi connectivity index (χ0) is 13.3. The van der Waals surface area contributed by atoms with E-state index in [9.17, 15) is 4.79 Å². The maximum Gasteiger partial charge on any atom is 0.226 e. The monoisotopic (exact) mass is 252 g/mol. The highest BCUT2D eigenvalue weighted by Crippen LogP contribution is 2.34. The normalized spacial score (nSPS) is 36.4. The number of hydrogen-bond acceptors (Lipinski definition) is 2. The molecular formula is C15H28N2O. The van der Waals surface area contributed by atoms with Crippen molar-refractivity contribution >= 4 is 5.91 Å². The molecule has 0 spiro atoms. The molecule has 0 bridgehead atoms. The van der Waals surface area contributed by atoms with Crippen molar-refractivity contribution in [1.29, 1.82) is 0 Å². The van der Waals surface area contributed by atoms with Gasteiger partial charge in [-0.2, -0.15) is 0 Å². The average molecular weight is 252 g/mol. The summed E-state index contributed by atoms with van der Waals surface area (Å²) in [5, 5.41) is 0. The highest BCUT2D eigenvalue weighted by molar-refractivity contribution is 5.79. The van der Waals surface area contributed by atoms with Gasteiger partial charge in [-0.25, -0.2) is 0 Å². The fourth-order valence-corrected chi connectivity index (χ4v) is 3.31. The van der Waals surface area contributed by atoms with Crippen molar-refractivity contribution < 1.29 is 4.79 Å². The van der Waals surface area contributed by atoms with Crippen LogP contribution in [-0.2, 0) is 4.79 Å². The van der Waals surface area contributed by atoms with Gasteiger partial charge in [0.05, 0.1) is 0 Å². The van der Waals surface area contributed by atoms with Gasteiger partial charge in [0.25, 0.3) is 0 Å². The first-order chi connectivity index (χ1) is 8.41. The lowest BCUT2D eigenvalue weighted by molar-refractivity contribution is -0.140. The zero-order valence-electron chi connectivity index (χ0n) is 12.1. The van der Waals surface area contributed by atoms with Crippen LogP contribution in [0.4, 0.5) is 0 Å². The van der Waals surface area contributed by atoms with Gasteiger partial charge in [-0.3, -0.25) is 4.79 Å². The van der Waals surface area contributed by atoms with Crippen LogP contribution >= 0.6 is 0 Å². The van der Waals surface area contributed by atoms with Crippen LogP contribution < -0.4 is 5.73 Å². The molecule has 2 fully saturated rings. The molecule has 1 aliphatic heterocycles. The molecule has 0 radical (unpaired) electrons. The molecule has 0 aromatic carbocycles. The maximum atomic E-state index is 12.6. The number of carbonyl (C=O) groups excluding carboxylic acids is 1. The van der Waals surface area contributed by atoms with Crippen molar-refractivity contribution in [3.05, 3.63) is 0 Å². The average Bonchev–Trinajstić information content (AvgIpc) is 2.32. The minimum absolute atomic E-state index is 0.176. The summed E-state index contributed by atoms with van der Waals surface area (Å²) in [4.78, 5) is 14.7. The number of piperidine rings is 1. The Bertz CT molecular complexity index is 304. The molecule has 2 N–H and O–H groups in total. The van der Waals surface area contributed by atoms with Gasteiger partial charge < -0.3 is 10.6 Å². The third-order valence-electron chi connectivity index (χ3n) is 5.11. The molecule has 1 saturated heterocycles. The van der Waals surface area contributed by atoms with Crippen LogP contribution in [0.5, 0.6) is 0 Å². The minimum Gasteiger partial charge on any atom is -0.342 e. The first kappa shape index (κ1) is 13.9. The Balaban J connectivity index is 1.95. The van der Waals surface area contributed by atoms with E-state index in [0.29, 0.717) is 17.2 Å². The van der Waals surface area contributed by atoms with Crippen molar-refractivity contribution in [2.45, 2.75) is 58.9 Å². The highest BCUT2D eigenvalue weighted by Gasteiger charge is 2.37. The van der Waals surface area contributed by atoms with Crippen molar-refractivity contribution in [3.8, 4) is 0 Å². The zero-order valence-corrected chi connectivity index (χ0v) is 12.1. The Hall–Kier alpha value is -0.570. The quantitative estimate of drug-likeness (QED) is 0.779. The van der Waals surface area contributed by atoms with Crippen LogP contribution in [0.1, 0.15) is 52.9 Å². The Morgan fingerprint density at radius 2 is 1.83 bits per heavy atom. The van der Waals surface area contributed by atoms with Gasteiger partial charge in [0.2, 0.25) is 5.91 Å². The molecule has 0 aromatic rings. The second kappa shape index (κ2) is 5.20.